The van der Waals surface area contributed by atoms with E-state index in [1.807, 2.05) is 0 Å². The Kier molecular flexibility index (Phi) is 5.37. The average molecular weight is 377 g/mol. The molecule has 0 radical (unpaired) electrons. The van der Waals surface area contributed by atoms with Crippen LogP contribution in [0, 0.1) is 5.41 Å². The minimum Gasteiger partial charge on any atom is -0.370 e. The van der Waals surface area contributed by atoms with Gasteiger partial charge in [-0.1, -0.05) is 32.1 Å². The molecule has 3 nitrogen and oxygen atoms in total. The molecule has 0 aromatic rings. The Morgan fingerprint density at radius 1 is 0.947 bits per heavy atom. The average Bonchev–Trinajstić information content (AvgIpc) is 2.88. The Hall–Kier alpha value is 0. The van der Waals surface area contributed by atoms with Crippen LogP contribution in [0.4, 0.5) is 0 Å². The second-order valence-corrected chi connectivity index (χ2v) is 6.62. The van der Waals surface area contributed by atoms with Crippen molar-refractivity contribution >= 4 is 29.9 Å². The van der Waals surface area contributed by atoms with Gasteiger partial charge in [-0.15, -0.1) is 24.0 Å². The standard InChI is InChI=1S/C15H27N3.HI/c16-14(17-12-6-2-1-3-7-12)18-13-8-11-15(13)9-4-5-10-15;/h12-13H,1-11H2,(H3,16,17,18);1H. The molecule has 3 rings (SSSR count). The number of nitrogens with two attached hydrogens (primary N) is 1. The number of hydrogen-bond donors (Lipinski definition) is 2. The highest BCUT2D eigenvalue weighted by Crippen LogP contribution is 2.54. The molecule has 1 spiro atoms. The summed E-state index contributed by atoms with van der Waals surface area (Å²) >= 11 is 0. The molecule has 0 aliphatic heterocycles. The van der Waals surface area contributed by atoms with Gasteiger partial charge < -0.3 is 11.1 Å². The fraction of sp³-hybridized carbons (Fsp3) is 0.933. The van der Waals surface area contributed by atoms with Gasteiger partial charge in [0.05, 0.1) is 6.04 Å². The van der Waals surface area contributed by atoms with Crippen LogP contribution in [0.2, 0.25) is 0 Å². The molecule has 3 N–H and O–H groups in total. The first-order valence-corrected chi connectivity index (χ1v) is 7.88. The molecule has 3 fully saturated rings. The predicted molar refractivity (Wildman–Crippen MR) is 91.0 cm³/mol. The van der Waals surface area contributed by atoms with Crippen LogP contribution in [-0.4, -0.2) is 18.0 Å². The normalized spacial score (nSPS) is 30.7. The quantitative estimate of drug-likeness (QED) is 0.439. The fourth-order valence-electron chi connectivity index (χ4n) is 4.21. The molecule has 1 unspecified atom stereocenters. The third-order valence-corrected chi connectivity index (χ3v) is 5.47. The molecule has 110 valence electrons. The summed E-state index contributed by atoms with van der Waals surface area (Å²) in [5.41, 5.74) is 6.66. The van der Waals surface area contributed by atoms with Crippen molar-refractivity contribution in [1.82, 2.24) is 5.32 Å². The Bertz CT molecular complexity index is 317. The lowest BCUT2D eigenvalue weighted by Gasteiger charge is -2.45. The highest BCUT2D eigenvalue weighted by molar-refractivity contribution is 14.0. The van der Waals surface area contributed by atoms with E-state index >= 15 is 0 Å². The van der Waals surface area contributed by atoms with Crippen LogP contribution < -0.4 is 11.1 Å². The van der Waals surface area contributed by atoms with Gasteiger partial charge in [-0.05, 0) is 43.9 Å². The maximum Gasteiger partial charge on any atom is 0.189 e. The summed E-state index contributed by atoms with van der Waals surface area (Å²) in [7, 11) is 0. The number of hydrogen-bond acceptors (Lipinski definition) is 1. The fourth-order valence-corrected chi connectivity index (χ4v) is 4.21. The first kappa shape index (κ1) is 15.4. The van der Waals surface area contributed by atoms with E-state index in [2.05, 4.69) is 5.32 Å². The zero-order chi connectivity index (χ0) is 12.4. The summed E-state index contributed by atoms with van der Waals surface area (Å²) in [6, 6.07) is 1.11. The van der Waals surface area contributed by atoms with Gasteiger partial charge in [-0.2, -0.15) is 0 Å². The Balaban J connectivity index is 0.00000133. The number of rotatable bonds is 2. The number of guanidine groups is 1. The summed E-state index contributed by atoms with van der Waals surface area (Å²) in [4.78, 5) is 4.79. The van der Waals surface area contributed by atoms with Crippen molar-refractivity contribution in [3.63, 3.8) is 0 Å². The Morgan fingerprint density at radius 2 is 1.63 bits per heavy atom. The van der Waals surface area contributed by atoms with Crippen LogP contribution in [0.5, 0.6) is 0 Å². The molecule has 1 atom stereocenters. The van der Waals surface area contributed by atoms with Gasteiger partial charge in [0.15, 0.2) is 5.96 Å². The van der Waals surface area contributed by atoms with Gasteiger partial charge in [-0.25, -0.2) is 4.99 Å². The zero-order valence-electron chi connectivity index (χ0n) is 11.9. The van der Waals surface area contributed by atoms with Crippen LogP contribution >= 0.6 is 24.0 Å². The predicted octanol–water partition coefficient (Wildman–Crippen LogP) is 3.56. The number of nitrogens with one attached hydrogen (secondary N) is 1. The van der Waals surface area contributed by atoms with Crippen molar-refractivity contribution in [2.45, 2.75) is 82.7 Å². The molecule has 3 saturated carbocycles. The van der Waals surface area contributed by atoms with Crippen molar-refractivity contribution in [2.24, 2.45) is 16.1 Å². The van der Waals surface area contributed by atoms with Crippen molar-refractivity contribution in [3.05, 3.63) is 0 Å². The molecular weight excluding hydrogens is 349 g/mol. The SMILES string of the molecule is I.NC(=NC1CCC12CCCC2)NC1CCCCC1. The highest BCUT2D eigenvalue weighted by atomic mass is 127. The molecule has 3 aliphatic rings. The van der Waals surface area contributed by atoms with E-state index in [1.54, 1.807) is 0 Å². The van der Waals surface area contributed by atoms with Gasteiger partial charge in [0.2, 0.25) is 0 Å². The maximum atomic E-state index is 6.10. The minimum atomic E-state index is 0. The van der Waals surface area contributed by atoms with Crippen LogP contribution in [-0.2, 0) is 0 Å². The summed E-state index contributed by atoms with van der Waals surface area (Å²) in [5.74, 6) is 0.720. The molecule has 0 amide bonds. The summed E-state index contributed by atoms with van der Waals surface area (Å²) in [6.07, 6.45) is 14.8. The van der Waals surface area contributed by atoms with E-state index in [1.165, 1.54) is 70.6 Å². The van der Waals surface area contributed by atoms with E-state index in [0.717, 1.165) is 5.96 Å². The third-order valence-electron chi connectivity index (χ3n) is 5.47. The lowest BCUT2D eigenvalue weighted by molar-refractivity contribution is 0.104. The number of nitrogens with zero attached hydrogens (tertiary/aromatic N) is 1. The molecular formula is C15H28IN3. The molecule has 4 heteroatoms. The van der Waals surface area contributed by atoms with Crippen molar-refractivity contribution in [3.8, 4) is 0 Å². The Morgan fingerprint density at radius 3 is 2.21 bits per heavy atom. The molecule has 3 aliphatic carbocycles. The van der Waals surface area contributed by atoms with Gasteiger partial charge in [0, 0.05) is 6.04 Å². The molecule has 0 saturated heterocycles. The van der Waals surface area contributed by atoms with Gasteiger partial charge in [0.25, 0.3) is 0 Å². The van der Waals surface area contributed by atoms with E-state index in [4.69, 9.17) is 10.7 Å². The number of halogens is 1. The molecule has 0 heterocycles. The van der Waals surface area contributed by atoms with Crippen LogP contribution in [0.15, 0.2) is 4.99 Å². The molecule has 19 heavy (non-hydrogen) atoms. The van der Waals surface area contributed by atoms with E-state index < -0.39 is 0 Å². The first-order valence-electron chi connectivity index (χ1n) is 7.88. The smallest absolute Gasteiger partial charge is 0.189 e. The lowest BCUT2D eigenvalue weighted by atomic mass is 9.63. The largest absolute Gasteiger partial charge is 0.370 e. The third kappa shape index (κ3) is 3.37. The van der Waals surface area contributed by atoms with E-state index in [-0.39, 0.29) is 24.0 Å². The molecule has 0 aromatic carbocycles. The van der Waals surface area contributed by atoms with Gasteiger partial charge in [-0.3, -0.25) is 0 Å². The first-order chi connectivity index (χ1) is 8.78. The summed E-state index contributed by atoms with van der Waals surface area (Å²) in [6.45, 7) is 0. The van der Waals surface area contributed by atoms with Gasteiger partial charge >= 0.3 is 0 Å². The van der Waals surface area contributed by atoms with Crippen molar-refractivity contribution in [1.29, 1.82) is 0 Å². The Labute approximate surface area is 134 Å². The van der Waals surface area contributed by atoms with Crippen LogP contribution in [0.25, 0.3) is 0 Å². The summed E-state index contributed by atoms with van der Waals surface area (Å²) in [5, 5.41) is 3.45. The lowest BCUT2D eigenvalue weighted by Crippen LogP contribution is -2.46. The zero-order valence-corrected chi connectivity index (χ0v) is 14.2. The molecule has 0 aromatic heterocycles. The second kappa shape index (κ2) is 6.64. The minimum absolute atomic E-state index is 0. The monoisotopic (exact) mass is 377 g/mol. The highest BCUT2D eigenvalue weighted by Gasteiger charge is 2.48. The van der Waals surface area contributed by atoms with Crippen LogP contribution in [0.3, 0.4) is 0 Å². The van der Waals surface area contributed by atoms with Gasteiger partial charge in [0.1, 0.15) is 0 Å². The van der Waals surface area contributed by atoms with Crippen LogP contribution in [0.1, 0.15) is 70.6 Å². The van der Waals surface area contributed by atoms with E-state index in [9.17, 15) is 0 Å². The maximum absolute atomic E-state index is 6.10. The van der Waals surface area contributed by atoms with Crippen molar-refractivity contribution in [2.75, 3.05) is 0 Å². The second-order valence-electron chi connectivity index (χ2n) is 6.62. The summed E-state index contributed by atoms with van der Waals surface area (Å²) < 4.78 is 0. The molecule has 0 bridgehead atoms. The van der Waals surface area contributed by atoms with Crippen molar-refractivity contribution < 1.29 is 0 Å². The topological polar surface area (TPSA) is 50.4 Å². The number of aliphatic imine (C=N–C) groups is 1. The van der Waals surface area contributed by atoms with E-state index in [0.29, 0.717) is 17.5 Å².